The maximum atomic E-state index is 13.6. The fraction of sp³-hybridized carbons (Fsp3) is 0.696. The monoisotopic (exact) mass is 493 g/mol. The zero-order valence-corrected chi connectivity index (χ0v) is 20.6. The zero-order valence-electron chi connectivity index (χ0n) is 19.8. The Morgan fingerprint density at radius 1 is 1.29 bits per heavy atom. The summed E-state index contributed by atoms with van der Waals surface area (Å²) in [5.41, 5.74) is 7.89. The number of hydrogen-bond donors (Lipinski definition) is 3. The van der Waals surface area contributed by atoms with E-state index in [1.54, 1.807) is 6.92 Å². The van der Waals surface area contributed by atoms with Crippen LogP contribution in [0.1, 0.15) is 26.7 Å². The van der Waals surface area contributed by atoms with E-state index in [-0.39, 0.29) is 31.0 Å². The molecule has 34 heavy (non-hydrogen) atoms. The molecular weight excluding hydrogens is 458 g/mol. The van der Waals surface area contributed by atoms with Crippen molar-refractivity contribution in [2.45, 2.75) is 44.0 Å². The van der Waals surface area contributed by atoms with Crippen molar-refractivity contribution in [3.8, 4) is 5.75 Å². The first kappa shape index (κ1) is 23.8. The molecular formula is C23H35N5O5S. The van der Waals surface area contributed by atoms with Crippen LogP contribution in [-0.4, -0.2) is 82.0 Å². The van der Waals surface area contributed by atoms with Crippen LogP contribution in [0, 0.1) is 11.8 Å². The van der Waals surface area contributed by atoms with Crippen molar-refractivity contribution < 1.29 is 22.7 Å². The molecule has 5 rings (SSSR count). The standard InChI is InChI=1S/C23H35N5O5S/c1-3-27(34(30,31)21-9-15(2)8-16-11-24-26-23(16)21)12-22(29)25-17-4-5-19-20(10-17)33-7-6-28(19)18-13-32-14-18/h4-5,10,15-16,18,21,23-24,26H,3,6-9,11-14H2,1-2H3,(H,25,29). The van der Waals surface area contributed by atoms with Gasteiger partial charge in [0.25, 0.3) is 0 Å². The van der Waals surface area contributed by atoms with Gasteiger partial charge in [-0.2, -0.15) is 4.31 Å². The molecule has 1 aliphatic carbocycles. The van der Waals surface area contributed by atoms with Crippen molar-refractivity contribution >= 4 is 27.3 Å². The smallest absolute Gasteiger partial charge is 0.239 e. The molecule has 2 saturated heterocycles. The number of benzene rings is 1. The average Bonchev–Trinajstić information content (AvgIpc) is 3.24. The molecule has 3 aliphatic heterocycles. The Bertz CT molecular complexity index is 1020. The van der Waals surface area contributed by atoms with Crippen LogP contribution in [-0.2, 0) is 19.6 Å². The molecule has 1 amide bonds. The molecule has 4 atom stereocenters. The number of nitrogens with one attached hydrogen (secondary N) is 3. The Balaban J connectivity index is 1.26. The SMILES string of the molecule is CCN(CC(=O)Nc1ccc2c(c1)OCCN2C1COC1)S(=O)(=O)C1CC(C)CC2CNNC21. The average molecular weight is 494 g/mol. The predicted octanol–water partition coefficient (Wildman–Crippen LogP) is 0.766. The lowest BCUT2D eigenvalue weighted by Gasteiger charge is -2.41. The Kier molecular flexibility index (Phi) is 6.73. The van der Waals surface area contributed by atoms with Gasteiger partial charge in [-0.15, -0.1) is 0 Å². The lowest BCUT2D eigenvalue weighted by molar-refractivity contribution is -0.116. The first-order chi connectivity index (χ1) is 16.4. The fourth-order valence-corrected chi connectivity index (χ4v) is 7.95. The largest absolute Gasteiger partial charge is 0.489 e. The van der Waals surface area contributed by atoms with E-state index < -0.39 is 15.3 Å². The summed E-state index contributed by atoms with van der Waals surface area (Å²) in [5, 5.41) is 2.32. The number of amides is 1. The minimum atomic E-state index is -3.65. The van der Waals surface area contributed by atoms with E-state index in [9.17, 15) is 13.2 Å². The maximum Gasteiger partial charge on any atom is 0.239 e. The molecule has 1 aromatic rings. The second-order valence-corrected chi connectivity index (χ2v) is 12.0. The van der Waals surface area contributed by atoms with Crippen LogP contribution >= 0.6 is 0 Å². The summed E-state index contributed by atoms with van der Waals surface area (Å²) in [4.78, 5) is 15.2. The molecule has 11 heteroatoms. The number of anilines is 2. The van der Waals surface area contributed by atoms with E-state index in [2.05, 4.69) is 28.0 Å². The van der Waals surface area contributed by atoms with Crippen LogP contribution < -0.4 is 25.8 Å². The highest BCUT2D eigenvalue weighted by atomic mass is 32.2. The molecule has 3 heterocycles. The van der Waals surface area contributed by atoms with Crippen LogP contribution in [0.15, 0.2) is 18.2 Å². The van der Waals surface area contributed by atoms with E-state index in [0.717, 1.165) is 30.9 Å². The third-order valence-electron chi connectivity index (χ3n) is 7.50. The van der Waals surface area contributed by atoms with Gasteiger partial charge in [-0.1, -0.05) is 13.8 Å². The van der Waals surface area contributed by atoms with Gasteiger partial charge in [0.2, 0.25) is 15.9 Å². The van der Waals surface area contributed by atoms with Gasteiger partial charge in [0.1, 0.15) is 12.4 Å². The first-order valence-corrected chi connectivity index (χ1v) is 13.8. The number of carbonyl (C=O) groups excluding carboxylic acids is 1. The molecule has 0 bridgehead atoms. The Hall–Kier alpha value is -1.92. The molecule has 3 fully saturated rings. The lowest BCUT2D eigenvalue weighted by atomic mass is 9.79. The molecule has 4 unspecified atom stereocenters. The topological polar surface area (TPSA) is 112 Å². The molecule has 0 radical (unpaired) electrons. The molecule has 0 spiro atoms. The number of fused-ring (bicyclic) bond motifs is 2. The van der Waals surface area contributed by atoms with Gasteiger partial charge in [-0.25, -0.2) is 8.42 Å². The summed E-state index contributed by atoms with van der Waals surface area (Å²) in [7, 11) is -3.65. The third-order valence-corrected chi connectivity index (χ3v) is 9.86. The second kappa shape index (κ2) is 9.62. The Labute approximate surface area is 201 Å². The van der Waals surface area contributed by atoms with E-state index in [1.165, 1.54) is 4.31 Å². The summed E-state index contributed by atoms with van der Waals surface area (Å²) in [5.74, 6) is 0.982. The second-order valence-electron chi connectivity index (χ2n) is 9.86. The van der Waals surface area contributed by atoms with Crippen molar-refractivity contribution in [3.05, 3.63) is 18.2 Å². The number of carbonyl (C=O) groups is 1. The van der Waals surface area contributed by atoms with Crippen molar-refractivity contribution in [2.75, 3.05) is 56.2 Å². The van der Waals surface area contributed by atoms with Crippen molar-refractivity contribution in [3.63, 3.8) is 0 Å². The van der Waals surface area contributed by atoms with Crippen LogP contribution in [0.4, 0.5) is 11.4 Å². The minimum Gasteiger partial charge on any atom is -0.489 e. The molecule has 1 aromatic carbocycles. The molecule has 1 saturated carbocycles. The first-order valence-electron chi connectivity index (χ1n) is 12.2. The number of sulfonamides is 1. The highest BCUT2D eigenvalue weighted by Gasteiger charge is 2.47. The van der Waals surface area contributed by atoms with Gasteiger partial charge >= 0.3 is 0 Å². The fourth-order valence-electron chi connectivity index (χ4n) is 5.68. The van der Waals surface area contributed by atoms with Crippen LogP contribution in [0.5, 0.6) is 5.75 Å². The van der Waals surface area contributed by atoms with Gasteiger partial charge < -0.3 is 19.7 Å². The number of hydrazine groups is 1. The molecule has 4 aliphatic rings. The quantitative estimate of drug-likeness (QED) is 0.511. The number of likely N-dealkylation sites (N-methyl/N-ethyl adjacent to an activating group) is 1. The highest BCUT2D eigenvalue weighted by Crippen LogP contribution is 2.37. The maximum absolute atomic E-state index is 13.6. The van der Waals surface area contributed by atoms with Gasteiger partial charge in [0.05, 0.1) is 43.3 Å². The summed E-state index contributed by atoms with van der Waals surface area (Å²) in [6.07, 6.45) is 1.61. The highest BCUT2D eigenvalue weighted by molar-refractivity contribution is 7.89. The summed E-state index contributed by atoms with van der Waals surface area (Å²) >= 11 is 0. The number of hydrogen-bond acceptors (Lipinski definition) is 8. The van der Waals surface area contributed by atoms with Crippen LogP contribution in [0.2, 0.25) is 0 Å². The van der Waals surface area contributed by atoms with E-state index in [0.29, 0.717) is 43.9 Å². The van der Waals surface area contributed by atoms with Crippen molar-refractivity contribution in [1.82, 2.24) is 15.2 Å². The van der Waals surface area contributed by atoms with E-state index in [4.69, 9.17) is 9.47 Å². The molecule has 10 nitrogen and oxygen atoms in total. The number of ether oxygens (including phenoxy) is 2. The van der Waals surface area contributed by atoms with Crippen LogP contribution in [0.25, 0.3) is 0 Å². The lowest BCUT2D eigenvalue weighted by Crippen LogP contribution is -2.54. The normalized spacial score (nSPS) is 29.2. The number of rotatable bonds is 7. The minimum absolute atomic E-state index is 0.125. The van der Waals surface area contributed by atoms with Gasteiger partial charge in [-0.05, 0) is 36.8 Å². The van der Waals surface area contributed by atoms with E-state index in [1.807, 2.05) is 18.2 Å². The van der Waals surface area contributed by atoms with Gasteiger partial charge in [-0.3, -0.25) is 15.6 Å². The predicted molar refractivity (Wildman–Crippen MR) is 129 cm³/mol. The third kappa shape index (κ3) is 4.51. The van der Waals surface area contributed by atoms with Crippen LogP contribution in [0.3, 0.4) is 0 Å². The summed E-state index contributed by atoms with van der Waals surface area (Å²) in [6, 6.07) is 5.83. The zero-order chi connectivity index (χ0) is 23.9. The molecule has 3 N–H and O–H groups in total. The van der Waals surface area contributed by atoms with Gasteiger partial charge in [0, 0.05) is 30.9 Å². The summed E-state index contributed by atoms with van der Waals surface area (Å²) < 4.78 is 39.6. The number of nitrogens with zero attached hydrogens (tertiary/aromatic N) is 2. The Morgan fingerprint density at radius 2 is 2.12 bits per heavy atom. The van der Waals surface area contributed by atoms with E-state index >= 15 is 0 Å². The van der Waals surface area contributed by atoms with Crippen molar-refractivity contribution in [1.29, 1.82) is 0 Å². The van der Waals surface area contributed by atoms with Crippen molar-refractivity contribution in [2.24, 2.45) is 11.8 Å². The molecule has 188 valence electrons. The Morgan fingerprint density at radius 3 is 2.85 bits per heavy atom. The van der Waals surface area contributed by atoms with Gasteiger partial charge in [0.15, 0.2) is 0 Å². The summed E-state index contributed by atoms with van der Waals surface area (Å²) in [6.45, 7) is 7.51. The molecule has 0 aromatic heterocycles.